The number of nitrogens with one attached hydrogen (secondary N) is 1. The van der Waals surface area contributed by atoms with Crippen LogP contribution in [0.1, 0.15) is 59.8 Å². The molecule has 162 valence electrons. The van der Waals surface area contributed by atoms with Crippen molar-refractivity contribution in [2.24, 2.45) is 11.0 Å². The molecule has 0 radical (unpaired) electrons. The standard InChI is InChI=1S/C17H32N2O7P2/c1-5-23-27(21,24-6-2)17(28(22,25-7-3)26-8-4)13-15(18-19-17)16(20)14-11-9-10-12-14/h14,19H,5-13H2,1-4H3. The Balaban J connectivity index is 2.47. The predicted molar refractivity (Wildman–Crippen MR) is 107 cm³/mol. The number of carbonyl (C=O) groups excluding carboxylic acids is 1. The molecular weight excluding hydrogens is 406 g/mol. The van der Waals surface area contributed by atoms with Gasteiger partial charge in [0.05, 0.1) is 26.4 Å². The van der Waals surface area contributed by atoms with Crippen LogP contribution in [0.25, 0.3) is 0 Å². The molecule has 0 unspecified atom stereocenters. The predicted octanol–water partition coefficient (Wildman–Crippen LogP) is 4.28. The lowest BCUT2D eigenvalue weighted by molar-refractivity contribution is -0.116. The van der Waals surface area contributed by atoms with Crippen molar-refractivity contribution in [2.45, 2.75) is 64.8 Å². The van der Waals surface area contributed by atoms with Gasteiger partial charge in [-0.1, -0.05) is 12.8 Å². The second-order valence-electron chi connectivity index (χ2n) is 6.68. The van der Waals surface area contributed by atoms with E-state index in [4.69, 9.17) is 18.1 Å². The van der Waals surface area contributed by atoms with E-state index in [1.807, 2.05) is 0 Å². The molecule has 1 fully saturated rings. The van der Waals surface area contributed by atoms with Gasteiger partial charge in [-0.05, 0) is 40.5 Å². The van der Waals surface area contributed by atoms with Gasteiger partial charge in [-0.15, -0.1) is 0 Å². The first-order chi connectivity index (χ1) is 13.3. The van der Waals surface area contributed by atoms with Crippen molar-refractivity contribution < 1.29 is 32.0 Å². The van der Waals surface area contributed by atoms with Crippen molar-refractivity contribution in [1.82, 2.24) is 5.43 Å². The van der Waals surface area contributed by atoms with Crippen LogP contribution in [0, 0.1) is 5.92 Å². The number of hydrogen-bond donors (Lipinski definition) is 1. The van der Waals surface area contributed by atoms with Crippen molar-refractivity contribution in [2.75, 3.05) is 26.4 Å². The first-order valence-electron chi connectivity index (χ1n) is 9.99. The summed E-state index contributed by atoms with van der Waals surface area (Å²) >= 11 is 0. The number of nitrogens with zero attached hydrogens (tertiary/aromatic N) is 1. The van der Waals surface area contributed by atoms with Gasteiger partial charge in [0.25, 0.3) is 5.02 Å². The molecule has 0 atom stereocenters. The van der Waals surface area contributed by atoms with E-state index in [1.54, 1.807) is 27.7 Å². The Bertz CT molecular complexity index is 626. The summed E-state index contributed by atoms with van der Waals surface area (Å²) in [5.74, 6) is -0.237. The van der Waals surface area contributed by atoms with Gasteiger partial charge < -0.3 is 18.1 Å². The highest BCUT2D eigenvalue weighted by Crippen LogP contribution is 2.78. The van der Waals surface area contributed by atoms with Crippen LogP contribution in [-0.2, 0) is 32.0 Å². The minimum Gasteiger partial charge on any atom is -0.307 e. The molecule has 0 aromatic carbocycles. The van der Waals surface area contributed by atoms with E-state index >= 15 is 0 Å². The molecule has 28 heavy (non-hydrogen) atoms. The summed E-state index contributed by atoms with van der Waals surface area (Å²) in [5.41, 5.74) is 2.87. The summed E-state index contributed by atoms with van der Waals surface area (Å²) in [6, 6.07) is 0. The van der Waals surface area contributed by atoms with Crippen LogP contribution in [0.2, 0.25) is 0 Å². The molecule has 2 rings (SSSR count). The highest BCUT2D eigenvalue weighted by atomic mass is 31.2. The lowest BCUT2D eigenvalue weighted by Crippen LogP contribution is -2.42. The Labute approximate surface area is 167 Å². The van der Waals surface area contributed by atoms with Gasteiger partial charge in [0.15, 0.2) is 5.78 Å². The average molecular weight is 438 g/mol. The van der Waals surface area contributed by atoms with Crippen LogP contribution in [-0.4, -0.2) is 42.9 Å². The normalized spacial score (nSPS) is 20.2. The Morgan fingerprint density at radius 3 is 1.79 bits per heavy atom. The number of ketones is 1. The van der Waals surface area contributed by atoms with Crippen molar-refractivity contribution >= 4 is 26.7 Å². The van der Waals surface area contributed by atoms with Crippen molar-refractivity contribution in [1.29, 1.82) is 0 Å². The zero-order chi connectivity index (χ0) is 20.8. The molecule has 1 aliphatic heterocycles. The molecule has 1 N–H and O–H groups in total. The third-order valence-electron chi connectivity index (χ3n) is 4.90. The van der Waals surface area contributed by atoms with Crippen molar-refractivity contribution in [3.8, 4) is 0 Å². The fourth-order valence-corrected chi connectivity index (χ4v) is 8.97. The quantitative estimate of drug-likeness (QED) is 0.449. The highest BCUT2D eigenvalue weighted by Gasteiger charge is 2.68. The first kappa shape index (κ1) is 23.7. The van der Waals surface area contributed by atoms with Crippen LogP contribution >= 0.6 is 15.2 Å². The van der Waals surface area contributed by atoms with Gasteiger partial charge in [0.2, 0.25) is 0 Å². The fraction of sp³-hybridized carbons (Fsp3) is 0.882. The molecule has 0 amide bonds. The van der Waals surface area contributed by atoms with E-state index in [2.05, 4.69) is 10.5 Å². The summed E-state index contributed by atoms with van der Waals surface area (Å²) in [5, 5.41) is 2.26. The van der Waals surface area contributed by atoms with Crippen LogP contribution < -0.4 is 5.43 Å². The molecule has 2 aliphatic rings. The molecular formula is C17H32N2O7P2. The molecule has 1 saturated carbocycles. The van der Waals surface area contributed by atoms with E-state index in [-0.39, 0.29) is 50.3 Å². The van der Waals surface area contributed by atoms with Gasteiger partial charge in [0.1, 0.15) is 5.71 Å². The van der Waals surface area contributed by atoms with Gasteiger partial charge in [0, 0.05) is 12.3 Å². The van der Waals surface area contributed by atoms with E-state index in [9.17, 15) is 13.9 Å². The summed E-state index contributed by atoms with van der Waals surface area (Å²) in [6.07, 6.45) is 3.39. The largest absolute Gasteiger partial charge is 0.370 e. The summed E-state index contributed by atoms with van der Waals surface area (Å²) < 4.78 is 49.6. The fourth-order valence-electron chi connectivity index (χ4n) is 3.68. The Morgan fingerprint density at radius 2 is 1.39 bits per heavy atom. The van der Waals surface area contributed by atoms with E-state index in [0.29, 0.717) is 0 Å². The maximum absolute atomic E-state index is 13.8. The van der Waals surface area contributed by atoms with Gasteiger partial charge >= 0.3 is 15.2 Å². The molecule has 9 nitrogen and oxygen atoms in total. The van der Waals surface area contributed by atoms with Crippen molar-refractivity contribution in [3.05, 3.63) is 0 Å². The molecule has 0 bridgehead atoms. The third kappa shape index (κ3) is 4.30. The Morgan fingerprint density at radius 1 is 0.964 bits per heavy atom. The van der Waals surface area contributed by atoms with Crippen LogP contribution in [0.4, 0.5) is 0 Å². The lowest BCUT2D eigenvalue weighted by Gasteiger charge is -2.38. The SMILES string of the molecule is CCOP(=O)(OCC)C1(P(=O)(OCC)OCC)CC(C(=O)C2CCCC2)=NN1. The number of hydrazone groups is 1. The monoisotopic (exact) mass is 438 g/mol. The second kappa shape index (κ2) is 9.96. The Kier molecular flexibility index (Phi) is 8.44. The van der Waals surface area contributed by atoms with E-state index < -0.39 is 20.2 Å². The number of Topliss-reactive ketones (excluding diaryl/α,β-unsaturated/α-hetero) is 1. The summed E-state index contributed by atoms with van der Waals surface area (Å²) in [6.45, 7) is 6.88. The lowest BCUT2D eigenvalue weighted by atomic mass is 9.97. The maximum atomic E-state index is 13.8. The van der Waals surface area contributed by atoms with E-state index in [1.165, 1.54) is 0 Å². The maximum Gasteiger partial charge on any atom is 0.370 e. The minimum atomic E-state index is -4.08. The molecule has 0 aromatic heterocycles. The average Bonchev–Trinajstić information content (AvgIpc) is 3.33. The number of hydrogen-bond acceptors (Lipinski definition) is 9. The van der Waals surface area contributed by atoms with Crippen LogP contribution in [0.5, 0.6) is 0 Å². The zero-order valence-corrected chi connectivity index (χ0v) is 18.9. The first-order valence-corrected chi connectivity index (χ1v) is 13.1. The topological polar surface area (TPSA) is 113 Å². The molecule has 11 heteroatoms. The minimum absolute atomic E-state index is 0.0604. The highest BCUT2D eigenvalue weighted by molar-refractivity contribution is 7.74. The van der Waals surface area contributed by atoms with E-state index in [0.717, 1.165) is 25.7 Å². The second-order valence-corrected chi connectivity index (χ2v) is 11.6. The summed E-state index contributed by atoms with van der Waals surface area (Å²) in [4.78, 5) is 12.9. The third-order valence-corrected chi connectivity index (χ3v) is 11.1. The van der Waals surface area contributed by atoms with Gasteiger partial charge in [-0.25, -0.2) is 0 Å². The smallest absolute Gasteiger partial charge is 0.307 e. The van der Waals surface area contributed by atoms with Crippen molar-refractivity contribution in [3.63, 3.8) is 0 Å². The number of carbonyl (C=O) groups is 1. The van der Waals surface area contributed by atoms with Crippen LogP contribution in [0.3, 0.4) is 0 Å². The van der Waals surface area contributed by atoms with Gasteiger partial charge in [-0.2, -0.15) is 5.10 Å². The summed E-state index contributed by atoms with van der Waals surface area (Å²) in [7, 11) is -8.16. The molecule has 1 aliphatic carbocycles. The van der Waals surface area contributed by atoms with Crippen LogP contribution in [0.15, 0.2) is 5.10 Å². The van der Waals surface area contributed by atoms with Gasteiger partial charge in [-0.3, -0.25) is 19.4 Å². The zero-order valence-electron chi connectivity index (χ0n) is 17.1. The molecule has 0 saturated heterocycles. The number of rotatable bonds is 12. The molecule has 0 aromatic rings. The Hall–Kier alpha value is -0.560. The molecule has 1 heterocycles. The molecule has 0 spiro atoms.